The summed E-state index contributed by atoms with van der Waals surface area (Å²) in [5.41, 5.74) is -1.30. The van der Waals surface area contributed by atoms with Crippen molar-refractivity contribution in [1.29, 1.82) is 0 Å². The zero-order valence-corrected chi connectivity index (χ0v) is 16.0. The first-order chi connectivity index (χ1) is 15.2. The molecule has 3 N–H and O–H groups in total. The zero-order chi connectivity index (χ0) is 23.4. The molecule has 0 spiro atoms. The lowest BCUT2D eigenvalue weighted by Gasteiger charge is -2.14. The molecule has 3 rings (SSSR count). The summed E-state index contributed by atoms with van der Waals surface area (Å²) in [5.74, 6) is -2.60. The number of aromatic hydroxyl groups is 1. The van der Waals surface area contributed by atoms with E-state index in [1.54, 1.807) is 0 Å². The van der Waals surface area contributed by atoms with Gasteiger partial charge >= 0.3 is 0 Å². The lowest BCUT2D eigenvalue weighted by molar-refractivity contribution is -0.385. The molecular formula is C20H13N4O8-. The Kier molecular flexibility index (Phi) is 5.96. The van der Waals surface area contributed by atoms with Crippen molar-refractivity contribution in [3.05, 3.63) is 92.0 Å². The molecule has 0 aliphatic rings. The summed E-state index contributed by atoms with van der Waals surface area (Å²) in [6.07, 6.45) is 0. The van der Waals surface area contributed by atoms with Crippen LogP contribution in [0, 0.1) is 20.2 Å². The van der Waals surface area contributed by atoms with Gasteiger partial charge in [0, 0.05) is 41.1 Å². The summed E-state index contributed by atoms with van der Waals surface area (Å²) >= 11 is 0. The number of carbonyl (C=O) groups excluding carboxylic acids is 2. The third-order valence-corrected chi connectivity index (χ3v) is 4.25. The first-order valence-corrected chi connectivity index (χ1v) is 8.81. The van der Waals surface area contributed by atoms with Crippen molar-refractivity contribution < 1.29 is 29.6 Å². The summed E-state index contributed by atoms with van der Waals surface area (Å²) < 4.78 is 0. The van der Waals surface area contributed by atoms with E-state index in [4.69, 9.17) is 0 Å². The highest BCUT2D eigenvalue weighted by Gasteiger charge is 2.16. The van der Waals surface area contributed by atoms with Crippen molar-refractivity contribution in [2.45, 2.75) is 0 Å². The Morgan fingerprint density at radius 2 is 1.25 bits per heavy atom. The summed E-state index contributed by atoms with van der Waals surface area (Å²) in [7, 11) is 0. The number of phenols is 1. The van der Waals surface area contributed by atoms with Gasteiger partial charge in [0.15, 0.2) is 0 Å². The van der Waals surface area contributed by atoms with E-state index in [0.29, 0.717) is 0 Å². The molecular weight excluding hydrogens is 424 g/mol. The summed E-state index contributed by atoms with van der Waals surface area (Å²) in [6.45, 7) is 0. The van der Waals surface area contributed by atoms with Crippen molar-refractivity contribution in [2.75, 3.05) is 10.6 Å². The highest BCUT2D eigenvalue weighted by atomic mass is 16.6. The Bertz CT molecular complexity index is 1170. The van der Waals surface area contributed by atoms with Crippen LogP contribution in [0.25, 0.3) is 0 Å². The van der Waals surface area contributed by atoms with Crippen molar-refractivity contribution in [3.63, 3.8) is 0 Å². The van der Waals surface area contributed by atoms with Gasteiger partial charge in [-0.3, -0.25) is 29.8 Å². The second kappa shape index (κ2) is 8.79. The van der Waals surface area contributed by atoms with Crippen LogP contribution in [0.1, 0.15) is 20.7 Å². The lowest BCUT2D eigenvalue weighted by Crippen LogP contribution is -2.16. The van der Waals surface area contributed by atoms with Gasteiger partial charge in [-0.15, -0.1) is 0 Å². The SMILES string of the molecule is O=C(Nc1cc([N+](=O)[O-])ccc1[O-])c1cccc(C(=O)Nc2cc([N+](=O)[O-])ccc2O)c1. The highest BCUT2D eigenvalue weighted by molar-refractivity contribution is 6.09. The normalized spacial score (nSPS) is 10.2. The van der Waals surface area contributed by atoms with Crippen LogP contribution in [0.3, 0.4) is 0 Å². The molecule has 0 bridgehead atoms. The Morgan fingerprint density at radius 3 is 1.81 bits per heavy atom. The highest BCUT2D eigenvalue weighted by Crippen LogP contribution is 2.29. The number of non-ortho nitro benzene ring substituents is 2. The molecule has 162 valence electrons. The Balaban J connectivity index is 1.81. The molecule has 0 unspecified atom stereocenters. The number of rotatable bonds is 6. The molecule has 0 aromatic heterocycles. The average Bonchev–Trinajstić information content (AvgIpc) is 2.76. The van der Waals surface area contributed by atoms with Gasteiger partial charge in [-0.05, 0) is 24.3 Å². The maximum atomic E-state index is 12.5. The van der Waals surface area contributed by atoms with E-state index in [1.165, 1.54) is 24.3 Å². The second-order valence-electron chi connectivity index (χ2n) is 6.39. The summed E-state index contributed by atoms with van der Waals surface area (Å²) in [4.78, 5) is 45.3. The van der Waals surface area contributed by atoms with Crippen LogP contribution in [0.15, 0.2) is 60.7 Å². The third kappa shape index (κ3) is 4.76. The first kappa shape index (κ1) is 21.7. The minimum atomic E-state index is -0.796. The van der Waals surface area contributed by atoms with Crippen LogP contribution in [0.2, 0.25) is 0 Å². The lowest BCUT2D eigenvalue weighted by atomic mass is 10.1. The Labute approximate surface area is 179 Å². The Morgan fingerprint density at radius 1 is 0.750 bits per heavy atom. The number of nitrogens with zero attached hydrogens (tertiary/aromatic N) is 2. The molecule has 0 atom stereocenters. The maximum absolute atomic E-state index is 12.5. The molecule has 0 aliphatic carbocycles. The minimum Gasteiger partial charge on any atom is -0.871 e. The fraction of sp³-hybridized carbons (Fsp3) is 0. The number of anilines is 2. The number of phenolic OH excluding ortho intramolecular Hbond substituents is 1. The van der Waals surface area contributed by atoms with E-state index in [2.05, 4.69) is 10.6 Å². The van der Waals surface area contributed by atoms with Crippen molar-refractivity contribution in [2.24, 2.45) is 0 Å². The zero-order valence-electron chi connectivity index (χ0n) is 16.0. The van der Waals surface area contributed by atoms with Crippen LogP contribution in [-0.2, 0) is 0 Å². The van der Waals surface area contributed by atoms with Gasteiger partial charge in [0.05, 0.1) is 15.5 Å². The second-order valence-corrected chi connectivity index (χ2v) is 6.39. The van der Waals surface area contributed by atoms with Crippen molar-refractivity contribution in [3.8, 4) is 11.5 Å². The molecule has 3 aromatic carbocycles. The van der Waals surface area contributed by atoms with Gasteiger partial charge in [-0.1, -0.05) is 17.9 Å². The number of hydrogen-bond acceptors (Lipinski definition) is 8. The predicted octanol–water partition coefficient (Wildman–Crippen LogP) is 2.79. The number of nitro groups is 2. The molecule has 0 heterocycles. The molecule has 12 nitrogen and oxygen atoms in total. The number of carbonyl (C=O) groups is 2. The fourth-order valence-corrected chi connectivity index (χ4v) is 2.66. The molecule has 0 radical (unpaired) electrons. The van der Waals surface area contributed by atoms with Gasteiger partial charge < -0.3 is 20.8 Å². The predicted molar refractivity (Wildman–Crippen MR) is 110 cm³/mol. The van der Waals surface area contributed by atoms with Crippen molar-refractivity contribution in [1.82, 2.24) is 0 Å². The van der Waals surface area contributed by atoms with E-state index in [1.807, 2.05) is 0 Å². The first-order valence-electron chi connectivity index (χ1n) is 8.81. The van der Waals surface area contributed by atoms with Gasteiger partial charge in [0.1, 0.15) is 5.75 Å². The monoisotopic (exact) mass is 437 g/mol. The minimum absolute atomic E-state index is 0.0232. The molecule has 2 amide bonds. The number of benzene rings is 3. The fourth-order valence-electron chi connectivity index (χ4n) is 2.66. The van der Waals surface area contributed by atoms with Crippen LogP contribution in [0.4, 0.5) is 22.7 Å². The number of hydrogen-bond donors (Lipinski definition) is 3. The summed E-state index contributed by atoms with van der Waals surface area (Å²) in [6, 6.07) is 11.2. The molecule has 0 aliphatic heterocycles. The van der Waals surface area contributed by atoms with Crippen LogP contribution >= 0.6 is 0 Å². The van der Waals surface area contributed by atoms with E-state index in [-0.39, 0.29) is 33.9 Å². The van der Waals surface area contributed by atoms with E-state index < -0.39 is 33.2 Å². The topological polar surface area (TPSA) is 188 Å². The molecule has 12 heteroatoms. The number of nitro benzene ring substituents is 2. The summed E-state index contributed by atoms with van der Waals surface area (Å²) in [5, 5.41) is 48.0. The standard InChI is InChI=1S/C20H14N4O8/c25-17-6-4-13(23(29)30)9-15(17)21-19(27)11-2-1-3-12(8-11)20(28)22-16-10-14(24(31)32)5-7-18(16)26/h1-10,25-26H,(H,21,27)(H,22,28)/p-1. The number of nitrogens with one attached hydrogen (secondary N) is 2. The van der Waals surface area contributed by atoms with Crippen LogP contribution in [-0.4, -0.2) is 26.8 Å². The Hall–Kier alpha value is -5.00. The molecule has 0 fully saturated rings. The van der Waals surface area contributed by atoms with Crippen molar-refractivity contribution >= 4 is 34.6 Å². The average molecular weight is 437 g/mol. The van der Waals surface area contributed by atoms with E-state index in [0.717, 1.165) is 36.4 Å². The van der Waals surface area contributed by atoms with Gasteiger partial charge in [0.25, 0.3) is 23.2 Å². The molecule has 3 aromatic rings. The van der Waals surface area contributed by atoms with Gasteiger partial charge in [0.2, 0.25) is 0 Å². The van der Waals surface area contributed by atoms with Gasteiger partial charge in [-0.25, -0.2) is 0 Å². The third-order valence-electron chi connectivity index (χ3n) is 4.25. The maximum Gasteiger partial charge on any atom is 0.271 e. The molecule has 0 saturated carbocycles. The molecule has 32 heavy (non-hydrogen) atoms. The number of amides is 2. The van der Waals surface area contributed by atoms with Crippen LogP contribution in [0.5, 0.6) is 11.5 Å². The largest absolute Gasteiger partial charge is 0.871 e. The molecule has 0 saturated heterocycles. The van der Waals surface area contributed by atoms with Gasteiger partial charge in [-0.2, -0.15) is 0 Å². The van der Waals surface area contributed by atoms with E-state index >= 15 is 0 Å². The van der Waals surface area contributed by atoms with Crippen LogP contribution < -0.4 is 15.7 Å². The van der Waals surface area contributed by atoms with E-state index in [9.17, 15) is 40.0 Å². The quantitative estimate of drug-likeness (QED) is 0.298. The smallest absolute Gasteiger partial charge is 0.271 e.